The number of aliphatic hydroxyl groups excluding tert-OH is 3. The molecule has 14 heteroatoms. The lowest BCUT2D eigenvalue weighted by molar-refractivity contribution is -0.207. The van der Waals surface area contributed by atoms with Crippen molar-refractivity contribution in [2.24, 2.45) is 34.0 Å². The molecule has 3 saturated carbocycles. The summed E-state index contributed by atoms with van der Waals surface area (Å²) in [6.45, 7) is 13.4. The summed E-state index contributed by atoms with van der Waals surface area (Å²) in [5.41, 5.74) is -2.73. The molecule has 1 aliphatic heterocycles. The first-order valence-electron chi connectivity index (χ1n) is 16.8. The van der Waals surface area contributed by atoms with E-state index in [1.54, 1.807) is 6.08 Å². The molecule has 14 nitrogen and oxygen atoms in total. The minimum atomic E-state index is -1.44. The fourth-order valence-corrected chi connectivity index (χ4v) is 9.46. The molecule has 3 heterocycles. The number of H-pyrrole nitrogens is 1. The van der Waals surface area contributed by atoms with Crippen molar-refractivity contribution in [2.45, 2.75) is 116 Å². The summed E-state index contributed by atoms with van der Waals surface area (Å²) < 4.78 is 14.5. The Kier molecular flexibility index (Phi) is 8.71. The van der Waals surface area contributed by atoms with E-state index >= 15 is 0 Å². The number of ketones is 1. The van der Waals surface area contributed by atoms with Crippen molar-refractivity contribution < 1.29 is 34.4 Å². The van der Waals surface area contributed by atoms with Gasteiger partial charge in [-0.1, -0.05) is 39.0 Å². The Morgan fingerprint density at radius 2 is 1.96 bits per heavy atom. The van der Waals surface area contributed by atoms with Crippen LogP contribution in [-0.2, 0) is 25.6 Å². The van der Waals surface area contributed by atoms with Gasteiger partial charge < -0.3 is 24.8 Å². The van der Waals surface area contributed by atoms with Crippen LogP contribution in [0.5, 0.6) is 0 Å². The zero-order valence-corrected chi connectivity index (χ0v) is 28.2. The molecule has 0 aromatic carbocycles. The van der Waals surface area contributed by atoms with E-state index in [9.17, 15) is 34.5 Å². The Labute approximate surface area is 278 Å². The van der Waals surface area contributed by atoms with Crippen molar-refractivity contribution in [3.05, 3.63) is 57.1 Å². The SMILES string of the molecule is C=C[C@]1(C)C[C@@H](OC(=O)Cn2cc(C(O)[C@H]3O[C@@H](n4cc(C)c(=O)[nH]c4=O)C[C@@H]3O)nn2)[C@]2(C)[C@H](C)CC[C@]3(CCC(=O)[C@@H]32)[C@@H](C)[C@@H]1O. The van der Waals surface area contributed by atoms with E-state index in [2.05, 4.69) is 42.6 Å². The molecule has 2 bridgehead atoms. The minimum Gasteiger partial charge on any atom is -0.460 e. The molecule has 2 aromatic heterocycles. The van der Waals surface area contributed by atoms with Gasteiger partial charge in [-0.2, -0.15) is 0 Å². The highest BCUT2D eigenvalue weighted by Crippen LogP contribution is 2.68. The summed E-state index contributed by atoms with van der Waals surface area (Å²) in [7, 11) is 0. The molecule has 4 aliphatic rings. The lowest BCUT2D eigenvalue weighted by Crippen LogP contribution is -2.63. The van der Waals surface area contributed by atoms with Gasteiger partial charge in [-0.15, -0.1) is 11.7 Å². The molecule has 2 aromatic rings. The Morgan fingerprint density at radius 1 is 1.23 bits per heavy atom. The van der Waals surface area contributed by atoms with E-state index in [0.29, 0.717) is 19.3 Å². The number of Topliss-reactive ketones (excluding diaryl/α,β-unsaturated/α-hetero) is 1. The van der Waals surface area contributed by atoms with E-state index in [-0.39, 0.29) is 53.2 Å². The lowest BCUT2D eigenvalue weighted by Gasteiger charge is -2.61. The van der Waals surface area contributed by atoms with Crippen molar-refractivity contribution in [1.82, 2.24) is 24.5 Å². The largest absolute Gasteiger partial charge is 0.460 e. The van der Waals surface area contributed by atoms with Gasteiger partial charge in [0.25, 0.3) is 5.56 Å². The number of aromatic amines is 1. The van der Waals surface area contributed by atoms with Crippen LogP contribution < -0.4 is 11.2 Å². The molecule has 0 radical (unpaired) electrons. The van der Waals surface area contributed by atoms with Crippen molar-refractivity contribution in [3.63, 3.8) is 0 Å². The second kappa shape index (κ2) is 12.1. The summed E-state index contributed by atoms with van der Waals surface area (Å²) in [6.07, 6.45) is 1.38. The van der Waals surface area contributed by atoms with Gasteiger partial charge in [0, 0.05) is 41.3 Å². The van der Waals surface area contributed by atoms with E-state index < -0.39 is 64.8 Å². The number of nitrogens with one attached hydrogen (secondary N) is 1. The van der Waals surface area contributed by atoms with Crippen LogP contribution in [0.2, 0.25) is 0 Å². The highest BCUT2D eigenvalue weighted by Gasteiger charge is 2.68. The Morgan fingerprint density at radius 3 is 2.67 bits per heavy atom. The summed E-state index contributed by atoms with van der Waals surface area (Å²) in [4.78, 5) is 53.6. The normalized spacial score (nSPS) is 40.1. The standard InChI is InChI=1S/C34H47N5O9/c1-7-32(5)13-23(33(6)18(3)8-10-34(19(4)29(32)44)11-9-21(40)28(33)34)47-25(42)16-38-15-20(36-37-38)26(43)27-22(41)12-24(48-27)39-14-17(2)30(45)35-31(39)46/h7,14-15,18-19,22-24,26-29,41,43-44H,1,8-13,16H2,2-6H3,(H,35,45,46)/t18-,19+,22+,23-,24-,26?,27+,28-,29+,32-,33+,34+/m1/s1. The zero-order chi connectivity index (χ0) is 34.9. The predicted molar refractivity (Wildman–Crippen MR) is 170 cm³/mol. The van der Waals surface area contributed by atoms with Crippen LogP contribution in [0.25, 0.3) is 0 Å². The van der Waals surface area contributed by atoms with Crippen LogP contribution >= 0.6 is 0 Å². The topological polar surface area (TPSA) is 199 Å². The number of aliphatic hydroxyl groups is 3. The smallest absolute Gasteiger partial charge is 0.330 e. The summed E-state index contributed by atoms with van der Waals surface area (Å²) in [5.74, 6) is -0.852. The van der Waals surface area contributed by atoms with Crippen molar-refractivity contribution in [1.29, 1.82) is 0 Å². The number of aromatic nitrogens is 5. The van der Waals surface area contributed by atoms with Crippen LogP contribution in [0.1, 0.15) is 89.8 Å². The molecule has 0 spiro atoms. The van der Waals surface area contributed by atoms with Crippen LogP contribution in [0.4, 0.5) is 0 Å². The second-order valence-corrected chi connectivity index (χ2v) is 15.2. The number of hydrogen-bond acceptors (Lipinski definition) is 11. The highest BCUT2D eigenvalue weighted by atomic mass is 16.6. The molecule has 4 N–H and O–H groups in total. The maximum atomic E-state index is 13.6. The van der Waals surface area contributed by atoms with Crippen LogP contribution in [0.15, 0.2) is 34.6 Å². The Hall–Kier alpha value is -3.46. The second-order valence-electron chi connectivity index (χ2n) is 15.2. The zero-order valence-electron chi connectivity index (χ0n) is 28.2. The number of nitrogens with zero attached hydrogens (tertiary/aromatic N) is 4. The molecule has 1 saturated heterocycles. The fourth-order valence-electron chi connectivity index (χ4n) is 9.46. The third-order valence-corrected chi connectivity index (χ3v) is 12.6. The van der Waals surface area contributed by atoms with Gasteiger partial charge in [-0.05, 0) is 49.9 Å². The third-order valence-electron chi connectivity index (χ3n) is 12.6. The first-order chi connectivity index (χ1) is 22.6. The maximum Gasteiger partial charge on any atom is 0.330 e. The monoisotopic (exact) mass is 669 g/mol. The van der Waals surface area contributed by atoms with Crippen molar-refractivity contribution in [2.75, 3.05) is 0 Å². The summed E-state index contributed by atoms with van der Waals surface area (Å²) >= 11 is 0. The van der Waals surface area contributed by atoms with Gasteiger partial charge in [-0.3, -0.25) is 23.9 Å². The average Bonchev–Trinajstić information content (AvgIpc) is 3.76. The van der Waals surface area contributed by atoms with E-state index in [4.69, 9.17) is 9.47 Å². The summed E-state index contributed by atoms with van der Waals surface area (Å²) in [6, 6.07) is 0. The third kappa shape index (κ3) is 5.31. The number of carbonyl (C=O) groups is 2. The molecule has 12 atom stereocenters. The van der Waals surface area contributed by atoms with Crippen molar-refractivity contribution >= 4 is 11.8 Å². The van der Waals surface area contributed by atoms with E-state index in [0.717, 1.165) is 17.4 Å². The average molecular weight is 670 g/mol. The summed E-state index contributed by atoms with van der Waals surface area (Å²) in [5, 5.41) is 41.5. The number of rotatable bonds is 7. The number of hydrogen-bond donors (Lipinski definition) is 4. The van der Waals surface area contributed by atoms with Gasteiger partial charge in [0.15, 0.2) is 0 Å². The van der Waals surface area contributed by atoms with Gasteiger partial charge >= 0.3 is 11.7 Å². The Bertz CT molecular complexity index is 1720. The predicted octanol–water partition coefficient (Wildman–Crippen LogP) is 1.73. The molecular weight excluding hydrogens is 622 g/mol. The molecular formula is C34H47N5O9. The molecule has 48 heavy (non-hydrogen) atoms. The molecule has 262 valence electrons. The number of ether oxygens (including phenoxy) is 2. The van der Waals surface area contributed by atoms with E-state index in [1.807, 2.05) is 6.92 Å². The first-order valence-corrected chi connectivity index (χ1v) is 16.8. The number of esters is 1. The number of aryl methyl sites for hydroxylation is 1. The van der Waals surface area contributed by atoms with E-state index in [1.165, 1.54) is 24.0 Å². The number of carbonyl (C=O) groups excluding carboxylic acids is 2. The molecule has 3 aliphatic carbocycles. The van der Waals surface area contributed by atoms with Gasteiger partial charge in [0.1, 0.15) is 42.6 Å². The van der Waals surface area contributed by atoms with Crippen LogP contribution in [0.3, 0.4) is 0 Å². The molecule has 4 fully saturated rings. The highest BCUT2D eigenvalue weighted by molar-refractivity contribution is 5.85. The van der Waals surface area contributed by atoms with Gasteiger partial charge in [-0.25, -0.2) is 9.48 Å². The molecule has 1 unspecified atom stereocenters. The molecule has 6 rings (SSSR count). The lowest BCUT2D eigenvalue weighted by atomic mass is 9.44. The fraction of sp³-hybridized carbons (Fsp3) is 0.706. The maximum absolute atomic E-state index is 13.6. The quantitative estimate of drug-likeness (QED) is 0.247. The molecule has 0 amide bonds. The van der Waals surface area contributed by atoms with Gasteiger partial charge in [0.05, 0.1) is 18.4 Å². The van der Waals surface area contributed by atoms with Crippen LogP contribution in [0, 0.1) is 40.9 Å². The van der Waals surface area contributed by atoms with Gasteiger partial charge in [0.2, 0.25) is 0 Å². The minimum absolute atomic E-state index is 0.0198. The Balaban J connectivity index is 1.20. The first kappa shape index (κ1) is 34.4. The van der Waals surface area contributed by atoms with Crippen molar-refractivity contribution in [3.8, 4) is 0 Å². The van der Waals surface area contributed by atoms with Crippen LogP contribution in [-0.4, -0.2) is 76.0 Å².